The molecule has 2 rings (SSSR count). The van der Waals surface area contributed by atoms with Crippen LogP contribution in [0.2, 0.25) is 0 Å². The highest BCUT2D eigenvalue weighted by molar-refractivity contribution is 9.10. The first-order chi connectivity index (χ1) is 12.1. The van der Waals surface area contributed by atoms with Crippen LogP contribution in [0.4, 0.5) is 5.69 Å². The fraction of sp³-hybridized carbons (Fsp3) is 0.125. The summed E-state index contributed by atoms with van der Waals surface area (Å²) in [7, 11) is 0. The molecule has 4 nitrogen and oxygen atoms in total. The number of carbonyl (C=O) groups is 1. The van der Waals surface area contributed by atoms with Crippen molar-refractivity contribution in [2.75, 3.05) is 5.32 Å². The number of carbonyl (C=O) groups excluding carboxylic acids is 1. The third-order valence-electron chi connectivity index (χ3n) is 3.05. The molecule has 0 aliphatic rings. The highest BCUT2D eigenvalue weighted by Gasteiger charge is 2.34. The lowest BCUT2D eigenvalue weighted by Gasteiger charge is -2.27. The molecule has 26 heavy (non-hydrogen) atoms. The maximum Gasteiger partial charge on any atom is 0.253 e. The average Bonchev–Trinajstić information content (AvgIpc) is 2.53. The van der Waals surface area contributed by atoms with E-state index in [1.165, 1.54) is 0 Å². The van der Waals surface area contributed by atoms with Gasteiger partial charge in [-0.2, -0.15) is 0 Å². The van der Waals surface area contributed by atoms with E-state index in [9.17, 15) is 4.79 Å². The standard InChI is InChI=1S/C16H12Br2Cl3N3OS/c17-10-4-1-3-9(7-10)13(25)23-14(16(19,20)21)24-15(26)22-12-6-2-5-11(18)8-12/h1-8,14H,(H,23,25)(H2,22,24,26). The lowest BCUT2D eigenvalue weighted by atomic mass is 10.2. The molecule has 1 unspecified atom stereocenters. The molecule has 0 heterocycles. The predicted molar refractivity (Wildman–Crippen MR) is 119 cm³/mol. The molecule has 0 bridgehead atoms. The Labute approximate surface area is 188 Å². The second-order valence-electron chi connectivity index (χ2n) is 5.07. The number of alkyl halides is 3. The number of amides is 1. The maximum atomic E-state index is 12.4. The fourth-order valence-electron chi connectivity index (χ4n) is 1.91. The molecule has 0 saturated heterocycles. The van der Waals surface area contributed by atoms with Crippen molar-refractivity contribution in [1.82, 2.24) is 10.6 Å². The van der Waals surface area contributed by atoms with E-state index in [0.717, 1.165) is 14.6 Å². The zero-order chi connectivity index (χ0) is 19.3. The van der Waals surface area contributed by atoms with Crippen LogP contribution in [0.5, 0.6) is 0 Å². The summed E-state index contributed by atoms with van der Waals surface area (Å²) in [5.74, 6) is -0.416. The van der Waals surface area contributed by atoms with E-state index in [-0.39, 0.29) is 5.11 Å². The van der Waals surface area contributed by atoms with Crippen molar-refractivity contribution in [2.24, 2.45) is 0 Å². The van der Waals surface area contributed by atoms with Gasteiger partial charge in [0.2, 0.25) is 3.79 Å². The van der Waals surface area contributed by atoms with Gasteiger partial charge in [0.15, 0.2) is 5.11 Å². The molecule has 0 aliphatic carbocycles. The molecule has 1 atom stereocenters. The average molecular weight is 561 g/mol. The largest absolute Gasteiger partial charge is 0.339 e. The normalized spacial score (nSPS) is 12.2. The molecule has 3 N–H and O–H groups in total. The molecular formula is C16H12Br2Cl3N3OS. The van der Waals surface area contributed by atoms with Crippen molar-refractivity contribution in [1.29, 1.82) is 0 Å². The third-order valence-corrected chi connectivity index (χ3v) is 4.91. The molecule has 138 valence electrons. The first kappa shape index (κ1) is 21.7. The highest BCUT2D eigenvalue weighted by atomic mass is 79.9. The van der Waals surface area contributed by atoms with Gasteiger partial charge >= 0.3 is 0 Å². The van der Waals surface area contributed by atoms with E-state index in [1.807, 2.05) is 24.3 Å². The number of thiocarbonyl (C=S) groups is 1. The van der Waals surface area contributed by atoms with Crippen LogP contribution in [0, 0.1) is 0 Å². The van der Waals surface area contributed by atoms with Gasteiger partial charge in [-0.1, -0.05) is 78.8 Å². The molecule has 2 aromatic carbocycles. The van der Waals surface area contributed by atoms with Gasteiger partial charge in [-0.15, -0.1) is 0 Å². The second-order valence-corrected chi connectivity index (χ2v) is 9.68. The smallest absolute Gasteiger partial charge is 0.253 e. The van der Waals surface area contributed by atoms with Gasteiger partial charge in [-0.3, -0.25) is 4.79 Å². The van der Waals surface area contributed by atoms with Gasteiger partial charge in [-0.25, -0.2) is 0 Å². The number of nitrogens with one attached hydrogen (secondary N) is 3. The third kappa shape index (κ3) is 6.87. The quantitative estimate of drug-likeness (QED) is 0.258. The van der Waals surface area contributed by atoms with Gasteiger partial charge in [0, 0.05) is 20.2 Å². The van der Waals surface area contributed by atoms with E-state index < -0.39 is 15.9 Å². The summed E-state index contributed by atoms with van der Waals surface area (Å²) in [6, 6.07) is 14.2. The van der Waals surface area contributed by atoms with E-state index in [4.69, 9.17) is 47.0 Å². The van der Waals surface area contributed by atoms with Crippen molar-refractivity contribution >= 4 is 95.6 Å². The molecule has 10 heteroatoms. The molecule has 1 amide bonds. The molecule has 0 saturated carbocycles. The van der Waals surface area contributed by atoms with Crippen LogP contribution in [0.1, 0.15) is 10.4 Å². The number of hydrogen-bond acceptors (Lipinski definition) is 2. The number of rotatable bonds is 4. The van der Waals surface area contributed by atoms with Crippen LogP contribution >= 0.6 is 78.9 Å². The molecule has 0 radical (unpaired) electrons. The molecule has 0 fully saturated rings. The Morgan fingerprint density at radius 2 is 1.62 bits per heavy atom. The van der Waals surface area contributed by atoms with Gasteiger partial charge in [0.25, 0.3) is 5.91 Å². The summed E-state index contributed by atoms with van der Waals surface area (Å²) in [6.45, 7) is 0. The van der Waals surface area contributed by atoms with Crippen LogP contribution in [0.25, 0.3) is 0 Å². The Bertz CT molecular complexity index is 817. The topological polar surface area (TPSA) is 53.2 Å². The Balaban J connectivity index is 2.07. The SMILES string of the molecule is O=C(NC(NC(=S)Nc1cccc(Br)c1)C(Cl)(Cl)Cl)c1cccc(Br)c1. The summed E-state index contributed by atoms with van der Waals surface area (Å²) in [4.78, 5) is 12.4. The summed E-state index contributed by atoms with van der Waals surface area (Å²) in [5, 5.41) is 8.58. The zero-order valence-corrected chi connectivity index (χ0v) is 19.2. The van der Waals surface area contributed by atoms with Crippen LogP contribution in [0.15, 0.2) is 57.5 Å². The van der Waals surface area contributed by atoms with Crippen LogP contribution in [0.3, 0.4) is 0 Å². The van der Waals surface area contributed by atoms with E-state index in [1.54, 1.807) is 24.3 Å². The van der Waals surface area contributed by atoms with Crippen molar-refractivity contribution < 1.29 is 4.79 Å². The van der Waals surface area contributed by atoms with Gasteiger partial charge in [0.05, 0.1) is 0 Å². The molecule has 0 aliphatic heterocycles. The lowest BCUT2D eigenvalue weighted by molar-refractivity contribution is 0.0934. The first-order valence-corrected chi connectivity index (χ1v) is 10.2. The number of anilines is 1. The number of hydrogen-bond donors (Lipinski definition) is 3. The Morgan fingerprint density at radius 1 is 1.00 bits per heavy atom. The number of benzene rings is 2. The molecule has 2 aromatic rings. The van der Waals surface area contributed by atoms with Crippen molar-refractivity contribution in [3.8, 4) is 0 Å². The van der Waals surface area contributed by atoms with Crippen molar-refractivity contribution in [3.05, 3.63) is 63.0 Å². The Kier molecular flexibility index (Phi) is 8.00. The summed E-state index contributed by atoms with van der Waals surface area (Å²) >= 11 is 29.9. The Morgan fingerprint density at radius 3 is 2.19 bits per heavy atom. The van der Waals surface area contributed by atoms with Crippen LogP contribution < -0.4 is 16.0 Å². The van der Waals surface area contributed by atoms with Gasteiger partial charge in [0.1, 0.15) is 6.17 Å². The van der Waals surface area contributed by atoms with Crippen LogP contribution in [-0.4, -0.2) is 21.0 Å². The Hall–Kier alpha value is -0.570. The minimum Gasteiger partial charge on any atom is -0.339 e. The van der Waals surface area contributed by atoms with Gasteiger partial charge in [-0.05, 0) is 48.6 Å². The van der Waals surface area contributed by atoms with E-state index in [0.29, 0.717) is 5.56 Å². The fourth-order valence-corrected chi connectivity index (χ4v) is 3.27. The summed E-state index contributed by atoms with van der Waals surface area (Å²) in [6.07, 6.45) is -1.05. The van der Waals surface area contributed by atoms with Crippen molar-refractivity contribution in [3.63, 3.8) is 0 Å². The van der Waals surface area contributed by atoms with E-state index >= 15 is 0 Å². The maximum absolute atomic E-state index is 12.4. The number of halogens is 5. The van der Waals surface area contributed by atoms with Gasteiger partial charge < -0.3 is 16.0 Å². The lowest BCUT2D eigenvalue weighted by Crippen LogP contribution is -2.56. The van der Waals surface area contributed by atoms with Crippen LogP contribution in [-0.2, 0) is 0 Å². The molecule has 0 aromatic heterocycles. The molecular weight excluding hydrogens is 548 g/mol. The summed E-state index contributed by atoms with van der Waals surface area (Å²) in [5.41, 5.74) is 1.14. The predicted octanol–water partition coefficient (Wildman–Crippen LogP) is 5.62. The second kappa shape index (κ2) is 9.57. The monoisotopic (exact) mass is 557 g/mol. The van der Waals surface area contributed by atoms with E-state index in [2.05, 4.69) is 47.8 Å². The first-order valence-electron chi connectivity index (χ1n) is 7.11. The zero-order valence-electron chi connectivity index (χ0n) is 12.9. The minimum absolute atomic E-state index is 0.189. The molecule has 0 spiro atoms. The van der Waals surface area contributed by atoms with Crippen molar-refractivity contribution in [2.45, 2.75) is 9.96 Å². The highest BCUT2D eigenvalue weighted by Crippen LogP contribution is 2.29. The minimum atomic E-state index is -1.83. The summed E-state index contributed by atoms with van der Waals surface area (Å²) < 4.78 is -0.188.